The minimum atomic E-state index is -0.586. The summed E-state index contributed by atoms with van der Waals surface area (Å²) in [6, 6.07) is 19.4. The molecule has 0 spiro atoms. The molecule has 162 valence electrons. The van der Waals surface area contributed by atoms with Crippen LogP contribution in [0.15, 0.2) is 71.9 Å². The van der Waals surface area contributed by atoms with Crippen molar-refractivity contribution in [3.05, 3.63) is 83.9 Å². The topological polar surface area (TPSA) is 88.9 Å². The summed E-state index contributed by atoms with van der Waals surface area (Å²) in [5, 5.41) is 16.3. The lowest BCUT2D eigenvalue weighted by molar-refractivity contribution is -0.113. The van der Waals surface area contributed by atoms with E-state index in [-0.39, 0.29) is 23.8 Å². The Balaban J connectivity index is 1.31. The SMILES string of the molecule is Cn1c(CNC(=O)c2ccccc2F)nnc1SCC(=O)Nc1ccc2ccccc2c1. The number of hydrogen-bond donors (Lipinski definition) is 2. The zero-order chi connectivity index (χ0) is 22.5. The Hall–Kier alpha value is -3.72. The van der Waals surface area contributed by atoms with Crippen LogP contribution in [-0.2, 0) is 18.4 Å². The second-order valence-corrected chi connectivity index (χ2v) is 7.96. The van der Waals surface area contributed by atoms with Gasteiger partial charge in [0.15, 0.2) is 11.0 Å². The Morgan fingerprint density at radius 3 is 2.56 bits per heavy atom. The van der Waals surface area contributed by atoms with Crippen molar-refractivity contribution in [2.45, 2.75) is 11.7 Å². The number of benzene rings is 3. The Morgan fingerprint density at radius 2 is 1.75 bits per heavy atom. The molecule has 2 N–H and O–H groups in total. The quantitative estimate of drug-likeness (QED) is 0.420. The van der Waals surface area contributed by atoms with Crippen LogP contribution in [-0.4, -0.2) is 32.3 Å². The number of thioether (sulfide) groups is 1. The minimum Gasteiger partial charge on any atom is -0.345 e. The van der Waals surface area contributed by atoms with E-state index < -0.39 is 11.7 Å². The highest BCUT2D eigenvalue weighted by atomic mass is 32.2. The molecule has 0 saturated heterocycles. The van der Waals surface area contributed by atoms with Crippen molar-refractivity contribution in [1.82, 2.24) is 20.1 Å². The molecule has 0 aliphatic carbocycles. The van der Waals surface area contributed by atoms with E-state index in [1.54, 1.807) is 17.7 Å². The molecule has 0 radical (unpaired) electrons. The first-order valence-corrected chi connectivity index (χ1v) is 10.8. The molecule has 3 aromatic carbocycles. The van der Waals surface area contributed by atoms with Gasteiger partial charge in [-0.05, 0) is 35.0 Å². The Morgan fingerprint density at radius 1 is 1.00 bits per heavy atom. The lowest BCUT2D eigenvalue weighted by atomic mass is 10.1. The fourth-order valence-electron chi connectivity index (χ4n) is 3.12. The summed E-state index contributed by atoms with van der Waals surface area (Å²) >= 11 is 1.24. The second-order valence-electron chi connectivity index (χ2n) is 7.02. The van der Waals surface area contributed by atoms with Crippen LogP contribution in [0, 0.1) is 5.82 Å². The third-order valence-corrected chi connectivity index (χ3v) is 5.84. The first-order valence-electron chi connectivity index (χ1n) is 9.84. The van der Waals surface area contributed by atoms with Gasteiger partial charge in [0.2, 0.25) is 5.91 Å². The fraction of sp³-hybridized carbons (Fsp3) is 0.130. The maximum Gasteiger partial charge on any atom is 0.254 e. The molecule has 2 amide bonds. The van der Waals surface area contributed by atoms with Crippen molar-refractivity contribution in [2.75, 3.05) is 11.1 Å². The number of fused-ring (bicyclic) bond motifs is 1. The van der Waals surface area contributed by atoms with Crippen LogP contribution in [0.1, 0.15) is 16.2 Å². The molecule has 1 aromatic heterocycles. The lowest BCUT2D eigenvalue weighted by Crippen LogP contribution is -2.25. The van der Waals surface area contributed by atoms with E-state index in [9.17, 15) is 14.0 Å². The predicted octanol–water partition coefficient (Wildman–Crippen LogP) is 3.77. The molecule has 32 heavy (non-hydrogen) atoms. The van der Waals surface area contributed by atoms with Crippen LogP contribution in [0.25, 0.3) is 10.8 Å². The zero-order valence-corrected chi connectivity index (χ0v) is 18.0. The minimum absolute atomic E-state index is 0.0328. The number of nitrogens with zero attached hydrogens (tertiary/aromatic N) is 3. The summed E-state index contributed by atoms with van der Waals surface area (Å²) in [6.07, 6.45) is 0. The molecule has 0 aliphatic heterocycles. The van der Waals surface area contributed by atoms with Crippen molar-refractivity contribution in [1.29, 1.82) is 0 Å². The predicted molar refractivity (Wildman–Crippen MR) is 122 cm³/mol. The van der Waals surface area contributed by atoms with E-state index >= 15 is 0 Å². The lowest BCUT2D eigenvalue weighted by Gasteiger charge is -2.08. The van der Waals surface area contributed by atoms with Gasteiger partial charge in [-0.25, -0.2) is 4.39 Å². The summed E-state index contributed by atoms with van der Waals surface area (Å²) < 4.78 is 15.4. The van der Waals surface area contributed by atoms with Crippen molar-refractivity contribution >= 4 is 40.0 Å². The van der Waals surface area contributed by atoms with Crippen molar-refractivity contribution < 1.29 is 14.0 Å². The highest BCUT2D eigenvalue weighted by Gasteiger charge is 2.15. The van der Waals surface area contributed by atoms with E-state index in [1.165, 1.54) is 30.0 Å². The van der Waals surface area contributed by atoms with E-state index in [0.717, 1.165) is 16.5 Å². The molecule has 4 rings (SSSR count). The fourth-order valence-corrected chi connectivity index (χ4v) is 3.85. The van der Waals surface area contributed by atoms with E-state index in [0.29, 0.717) is 11.0 Å². The van der Waals surface area contributed by atoms with Crippen molar-refractivity contribution in [3.8, 4) is 0 Å². The highest BCUT2D eigenvalue weighted by Crippen LogP contribution is 2.20. The van der Waals surface area contributed by atoms with Gasteiger partial charge in [-0.15, -0.1) is 10.2 Å². The average molecular weight is 450 g/mol. The van der Waals surface area contributed by atoms with Gasteiger partial charge in [0, 0.05) is 12.7 Å². The molecular weight excluding hydrogens is 429 g/mol. The van der Waals surface area contributed by atoms with Crippen molar-refractivity contribution in [3.63, 3.8) is 0 Å². The van der Waals surface area contributed by atoms with Gasteiger partial charge in [-0.2, -0.15) is 0 Å². The summed E-state index contributed by atoms with van der Waals surface area (Å²) in [7, 11) is 1.74. The van der Waals surface area contributed by atoms with Crippen LogP contribution in [0.3, 0.4) is 0 Å². The Bertz CT molecular complexity index is 1290. The van der Waals surface area contributed by atoms with Gasteiger partial charge < -0.3 is 15.2 Å². The van der Waals surface area contributed by atoms with Gasteiger partial charge in [-0.1, -0.05) is 54.2 Å². The van der Waals surface area contributed by atoms with E-state index in [4.69, 9.17) is 0 Å². The van der Waals surface area contributed by atoms with Crippen LogP contribution >= 0.6 is 11.8 Å². The maximum atomic E-state index is 13.7. The second kappa shape index (κ2) is 9.61. The number of rotatable bonds is 7. The summed E-state index contributed by atoms with van der Waals surface area (Å²) in [5.74, 6) is -0.637. The maximum absolute atomic E-state index is 13.7. The molecular formula is C23H20FN5O2S. The molecule has 0 bridgehead atoms. The first kappa shape index (κ1) is 21.5. The van der Waals surface area contributed by atoms with Gasteiger partial charge in [0.05, 0.1) is 17.9 Å². The Labute approximate surface area is 188 Å². The van der Waals surface area contributed by atoms with E-state index in [2.05, 4.69) is 20.8 Å². The average Bonchev–Trinajstić information content (AvgIpc) is 3.15. The number of nitrogens with one attached hydrogen (secondary N) is 2. The van der Waals surface area contributed by atoms with Crippen LogP contribution in [0.5, 0.6) is 0 Å². The first-order chi connectivity index (χ1) is 15.5. The molecule has 0 fully saturated rings. The molecule has 1 heterocycles. The number of anilines is 1. The molecule has 0 unspecified atom stereocenters. The molecule has 7 nitrogen and oxygen atoms in total. The van der Waals surface area contributed by atoms with Gasteiger partial charge in [0.25, 0.3) is 5.91 Å². The molecule has 0 saturated carbocycles. The monoisotopic (exact) mass is 449 g/mol. The summed E-state index contributed by atoms with van der Waals surface area (Å²) in [5.41, 5.74) is 0.693. The van der Waals surface area contributed by atoms with Gasteiger partial charge >= 0.3 is 0 Å². The van der Waals surface area contributed by atoms with Crippen LogP contribution in [0.2, 0.25) is 0 Å². The van der Waals surface area contributed by atoms with E-state index in [1.807, 2.05) is 42.5 Å². The number of amides is 2. The molecule has 0 atom stereocenters. The Kier molecular flexibility index (Phi) is 6.46. The summed E-state index contributed by atoms with van der Waals surface area (Å²) in [6.45, 7) is 0.0838. The number of hydrogen-bond acceptors (Lipinski definition) is 5. The molecule has 4 aromatic rings. The third kappa shape index (κ3) is 4.94. The third-order valence-electron chi connectivity index (χ3n) is 4.82. The number of aromatic nitrogens is 3. The molecule has 0 aliphatic rings. The smallest absolute Gasteiger partial charge is 0.254 e. The molecule has 9 heteroatoms. The number of carbonyl (C=O) groups excluding carboxylic acids is 2. The van der Waals surface area contributed by atoms with Gasteiger partial charge in [-0.3, -0.25) is 9.59 Å². The number of carbonyl (C=O) groups is 2. The van der Waals surface area contributed by atoms with Crippen LogP contribution < -0.4 is 10.6 Å². The van der Waals surface area contributed by atoms with Crippen LogP contribution in [0.4, 0.5) is 10.1 Å². The van der Waals surface area contributed by atoms with Crippen molar-refractivity contribution in [2.24, 2.45) is 7.05 Å². The largest absolute Gasteiger partial charge is 0.345 e. The highest BCUT2D eigenvalue weighted by molar-refractivity contribution is 7.99. The summed E-state index contributed by atoms with van der Waals surface area (Å²) in [4.78, 5) is 24.5. The van der Waals surface area contributed by atoms with Gasteiger partial charge in [0.1, 0.15) is 5.82 Å². The normalized spacial score (nSPS) is 10.8. The zero-order valence-electron chi connectivity index (χ0n) is 17.2. The number of halogens is 1. The standard InChI is InChI=1S/C23H20FN5O2S/c1-29-20(13-25-22(31)18-8-4-5-9-19(18)24)27-28-23(29)32-14-21(30)26-17-11-10-15-6-2-3-7-16(15)12-17/h2-12H,13-14H2,1H3,(H,25,31)(H,26,30).